The van der Waals surface area contributed by atoms with Crippen LogP contribution in [0.25, 0.3) is 22.2 Å². The number of ether oxygens (including phenoxy) is 1. The minimum absolute atomic E-state index is 0.0109. The number of esters is 1. The number of pyridine rings is 2. The van der Waals surface area contributed by atoms with E-state index < -0.39 is 34.5 Å². The Morgan fingerprint density at radius 1 is 1.22 bits per heavy atom. The largest absolute Gasteiger partial charge is 0.458 e. The molecule has 2 atom stereocenters. The third-order valence-corrected chi connectivity index (χ3v) is 7.01. The van der Waals surface area contributed by atoms with E-state index in [1.165, 1.54) is 10.6 Å². The molecular formula is C23H18F2N2O5. The van der Waals surface area contributed by atoms with Crippen molar-refractivity contribution in [1.82, 2.24) is 9.13 Å². The monoisotopic (exact) mass is 440 g/mol. The van der Waals surface area contributed by atoms with Crippen molar-refractivity contribution >= 4 is 16.9 Å². The molecule has 0 spiro atoms. The highest BCUT2D eigenvalue weighted by Crippen LogP contribution is 2.41. The van der Waals surface area contributed by atoms with Gasteiger partial charge < -0.3 is 19.0 Å². The van der Waals surface area contributed by atoms with Crippen LogP contribution in [0.5, 0.6) is 0 Å². The number of cyclic esters (lactones) is 1. The third-order valence-electron chi connectivity index (χ3n) is 7.01. The minimum atomic E-state index is -1.99. The van der Waals surface area contributed by atoms with Crippen LogP contribution in [0.15, 0.2) is 27.8 Å². The van der Waals surface area contributed by atoms with Crippen LogP contribution in [0.3, 0.4) is 0 Å². The number of aryl methyl sites for hydroxylation is 1. The number of fused-ring (bicyclic) bond motifs is 5. The predicted molar refractivity (Wildman–Crippen MR) is 109 cm³/mol. The zero-order valence-electron chi connectivity index (χ0n) is 17.1. The molecule has 0 fully saturated rings. The summed E-state index contributed by atoms with van der Waals surface area (Å²) in [5.74, 6) is -1.55. The van der Waals surface area contributed by atoms with Crippen molar-refractivity contribution in [2.24, 2.45) is 0 Å². The fraction of sp³-hybridized carbons (Fsp3) is 0.348. The van der Waals surface area contributed by atoms with E-state index in [1.54, 1.807) is 11.5 Å². The van der Waals surface area contributed by atoms with Gasteiger partial charge >= 0.3 is 5.97 Å². The Morgan fingerprint density at radius 3 is 2.75 bits per heavy atom. The van der Waals surface area contributed by atoms with E-state index in [1.807, 2.05) is 0 Å². The lowest BCUT2D eigenvalue weighted by Gasteiger charge is -2.31. The molecule has 9 heteroatoms. The summed E-state index contributed by atoms with van der Waals surface area (Å²) in [6.07, 6.45) is -1.27. The Balaban J connectivity index is 1.73. The van der Waals surface area contributed by atoms with Crippen molar-refractivity contribution in [3.63, 3.8) is 0 Å². The smallest absolute Gasteiger partial charge is 0.343 e. The van der Waals surface area contributed by atoms with Crippen LogP contribution in [0.1, 0.15) is 48.3 Å². The maximum Gasteiger partial charge on any atom is 0.343 e. The SMILES string of the molecule is CC[C@@]1(O)C(=O)OCc2c1cc1n(c2=O)Cc2c-1c(=O)c1cc(F)cc3c1n2CC[C@H]3F. The molecule has 2 aromatic heterocycles. The molecule has 3 aliphatic rings. The van der Waals surface area contributed by atoms with Gasteiger partial charge in [0.05, 0.1) is 34.6 Å². The molecule has 32 heavy (non-hydrogen) atoms. The van der Waals surface area contributed by atoms with Gasteiger partial charge in [-0.15, -0.1) is 0 Å². The Kier molecular flexibility index (Phi) is 3.71. The summed E-state index contributed by atoms with van der Waals surface area (Å²) in [6, 6.07) is 3.70. The summed E-state index contributed by atoms with van der Waals surface area (Å²) in [5, 5.41) is 11.0. The number of hydrogen-bond acceptors (Lipinski definition) is 5. The average Bonchev–Trinajstić information content (AvgIpc) is 3.16. The molecule has 6 rings (SSSR count). The molecule has 0 radical (unpaired) electrons. The second-order valence-corrected chi connectivity index (χ2v) is 8.55. The van der Waals surface area contributed by atoms with Crippen LogP contribution in [0, 0.1) is 5.82 Å². The van der Waals surface area contributed by atoms with Crippen LogP contribution in [0.2, 0.25) is 0 Å². The molecule has 0 aliphatic carbocycles. The molecule has 0 amide bonds. The summed E-state index contributed by atoms with van der Waals surface area (Å²) in [5.41, 5.74) is -1.19. The van der Waals surface area contributed by atoms with Gasteiger partial charge in [0.2, 0.25) is 0 Å². The van der Waals surface area contributed by atoms with E-state index >= 15 is 0 Å². The first kappa shape index (κ1) is 19.4. The van der Waals surface area contributed by atoms with Crippen molar-refractivity contribution in [3.8, 4) is 11.3 Å². The Hall–Kier alpha value is -3.33. The molecule has 5 heterocycles. The number of benzene rings is 1. The molecule has 0 saturated carbocycles. The summed E-state index contributed by atoms with van der Waals surface area (Å²) in [4.78, 5) is 39.1. The Bertz CT molecular complexity index is 1510. The molecule has 3 aliphatic heterocycles. The van der Waals surface area contributed by atoms with Gasteiger partial charge in [-0.2, -0.15) is 0 Å². The maximum absolute atomic E-state index is 14.6. The highest BCUT2D eigenvalue weighted by atomic mass is 19.1. The van der Waals surface area contributed by atoms with Crippen molar-refractivity contribution in [2.45, 2.75) is 51.2 Å². The second-order valence-electron chi connectivity index (χ2n) is 8.55. The van der Waals surface area contributed by atoms with Gasteiger partial charge in [0, 0.05) is 29.5 Å². The average molecular weight is 440 g/mol. The number of alkyl halides is 1. The minimum Gasteiger partial charge on any atom is -0.458 e. The van der Waals surface area contributed by atoms with E-state index in [4.69, 9.17) is 4.74 Å². The summed E-state index contributed by atoms with van der Waals surface area (Å²) >= 11 is 0. The van der Waals surface area contributed by atoms with Crippen LogP contribution in [-0.2, 0) is 34.8 Å². The quantitative estimate of drug-likeness (QED) is 0.459. The van der Waals surface area contributed by atoms with Gasteiger partial charge in [0.25, 0.3) is 5.56 Å². The third kappa shape index (κ3) is 2.19. The number of aliphatic hydroxyl groups is 1. The number of carbonyl (C=O) groups excluding carboxylic acids is 1. The lowest BCUT2D eigenvalue weighted by atomic mass is 9.85. The van der Waals surface area contributed by atoms with Gasteiger partial charge in [-0.05, 0) is 24.6 Å². The standard InChI is InChI=1S/C23H18F2N2O5/c1-2-23(31)14-7-16-18-17(8-27(16)21(29)13(14)9-32-22(23)30)26-4-3-15(25)11-5-10(24)6-12(19(11)26)20(18)28/h5-7,15,31H,2-4,8-9H2,1H3/t15-,23+/m1/s1. The first-order valence-corrected chi connectivity index (χ1v) is 10.5. The Morgan fingerprint density at radius 2 is 2.00 bits per heavy atom. The zero-order valence-corrected chi connectivity index (χ0v) is 17.1. The van der Waals surface area contributed by atoms with Crippen molar-refractivity contribution in [2.75, 3.05) is 0 Å². The van der Waals surface area contributed by atoms with Gasteiger partial charge in [-0.3, -0.25) is 9.59 Å². The lowest BCUT2D eigenvalue weighted by molar-refractivity contribution is -0.172. The highest BCUT2D eigenvalue weighted by molar-refractivity contribution is 5.90. The van der Waals surface area contributed by atoms with Crippen LogP contribution in [0.4, 0.5) is 8.78 Å². The first-order chi connectivity index (χ1) is 15.3. The number of nitrogens with zero attached hydrogens (tertiary/aromatic N) is 2. The van der Waals surface area contributed by atoms with E-state index in [2.05, 4.69) is 0 Å². The van der Waals surface area contributed by atoms with Gasteiger partial charge in [0.1, 0.15) is 18.6 Å². The normalized spacial score (nSPS) is 23.0. The van der Waals surface area contributed by atoms with Gasteiger partial charge in [-0.1, -0.05) is 6.92 Å². The van der Waals surface area contributed by atoms with Crippen LogP contribution in [-0.4, -0.2) is 20.2 Å². The van der Waals surface area contributed by atoms with Crippen molar-refractivity contribution in [1.29, 1.82) is 0 Å². The predicted octanol–water partition coefficient (Wildman–Crippen LogP) is 2.40. The molecule has 164 valence electrons. The number of halogens is 2. The second kappa shape index (κ2) is 6.13. The van der Waals surface area contributed by atoms with E-state index in [-0.39, 0.29) is 65.9 Å². The summed E-state index contributed by atoms with van der Waals surface area (Å²) < 4.78 is 37.1. The lowest BCUT2D eigenvalue weighted by Crippen LogP contribution is -2.44. The Labute approximate surface area is 179 Å². The van der Waals surface area contributed by atoms with Gasteiger partial charge in [-0.25, -0.2) is 13.6 Å². The molecular weight excluding hydrogens is 422 g/mol. The summed E-state index contributed by atoms with van der Waals surface area (Å²) in [7, 11) is 0. The molecule has 0 saturated heterocycles. The molecule has 3 aromatic rings. The number of rotatable bonds is 1. The topological polar surface area (TPSA) is 90.5 Å². The number of aromatic nitrogens is 2. The first-order valence-electron chi connectivity index (χ1n) is 10.5. The van der Waals surface area contributed by atoms with E-state index in [9.17, 15) is 28.3 Å². The van der Waals surface area contributed by atoms with Crippen molar-refractivity contribution in [3.05, 3.63) is 67.0 Å². The summed E-state index contributed by atoms with van der Waals surface area (Å²) in [6.45, 7) is 1.69. The van der Waals surface area contributed by atoms with Crippen molar-refractivity contribution < 1.29 is 23.4 Å². The molecule has 7 nitrogen and oxygen atoms in total. The van der Waals surface area contributed by atoms with Gasteiger partial charge in [0.15, 0.2) is 11.0 Å². The fourth-order valence-corrected chi connectivity index (χ4v) is 5.36. The van der Waals surface area contributed by atoms with E-state index in [0.717, 1.165) is 12.1 Å². The maximum atomic E-state index is 14.6. The fourth-order valence-electron chi connectivity index (χ4n) is 5.36. The number of carbonyl (C=O) groups is 1. The van der Waals surface area contributed by atoms with Crippen LogP contribution >= 0.6 is 0 Å². The molecule has 0 bridgehead atoms. The molecule has 0 unspecified atom stereocenters. The highest BCUT2D eigenvalue weighted by Gasteiger charge is 2.45. The molecule has 1 N–H and O–H groups in total. The molecule has 1 aromatic carbocycles. The van der Waals surface area contributed by atoms with E-state index in [0.29, 0.717) is 11.2 Å². The van der Waals surface area contributed by atoms with Crippen LogP contribution < -0.4 is 11.0 Å². The number of hydrogen-bond donors (Lipinski definition) is 1. The zero-order chi connectivity index (χ0) is 22.5.